The molecule has 0 saturated carbocycles. The Hall–Kier alpha value is -1.97. The average molecular weight is 347 g/mol. The Morgan fingerprint density at radius 1 is 1.09 bits per heavy atom. The molecule has 3 N–H and O–H groups in total. The van der Waals surface area contributed by atoms with E-state index in [4.69, 9.17) is 10.3 Å². The molecule has 9 heteroatoms. The molecule has 0 aliphatic carbocycles. The van der Waals surface area contributed by atoms with E-state index < -0.39 is 28.1 Å². The van der Waals surface area contributed by atoms with Crippen molar-refractivity contribution in [1.29, 1.82) is 0 Å². The van der Waals surface area contributed by atoms with Crippen LogP contribution < -0.4 is 5.73 Å². The molecule has 8 nitrogen and oxygen atoms in total. The van der Waals surface area contributed by atoms with Crippen LogP contribution in [0.3, 0.4) is 0 Å². The second kappa shape index (κ2) is 9.93. The van der Waals surface area contributed by atoms with Gasteiger partial charge in [0.15, 0.2) is 0 Å². The van der Waals surface area contributed by atoms with E-state index >= 15 is 0 Å². The average Bonchev–Trinajstić information content (AvgIpc) is 2.47. The predicted octanol–water partition coefficient (Wildman–Crippen LogP) is 0.682. The highest BCUT2D eigenvalue weighted by atomic mass is 32.2. The summed E-state index contributed by atoms with van der Waals surface area (Å²) in [6, 6.07) is 4.67. The fraction of sp³-hybridized carbons (Fsp3) is 0.429. The third kappa shape index (κ3) is 8.29. The number of ether oxygens (including phenoxy) is 2. The molecule has 1 rings (SSSR count). The van der Waals surface area contributed by atoms with Gasteiger partial charge in [0.25, 0.3) is 10.1 Å². The van der Waals surface area contributed by atoms with Crippen LogP contribution in [0.4, 0.5) is 0 Å². The van der Waals surface area contributed by atoms with Crippen LogP contribution in [0.15, 0.2) is 29.2 Å². The Bertz CT molecular complexity index is 593. The van der Waals surface area contributed by atoms with Crippen molar-refractivity contribution in [2.24, 2.45) is 5.73 Å². The van der Waals surface area contributed by atoms with Gasteiger partial charge in [0.2, 0.25) is 6.04 Å². The lowest BCUT2D eigenvalue weighted by Gasteiger charge is -2.08. The fourth-order valence-electron chi connectivity index (χ4n) is 1.27. The molecule has 0 aliphatic heterocycles. The topological polar surface area (TPSA) is 133 Å². The third-order valence-corrected chi connectivity index (χ3v) is 3.27. The zero-order valence-electron chi connectivity index (χ0n) is 13.2. The van der Waals surface area contributed by atoms with Gasteiger partial charge < -0.3 is 15.2 Å². The molecule has 0 spiro atoms. The van der Waals surface area contributed by atoms with Crippen molar-refractivity contribution in [2.75, 3.05) is 13.2 Å². The van der Waals surface area contributed by atoms with Gasteiger partial charge in [-0.3, -0.25) is 4.55 Å². The van der Waals surface area contributed by atoms with Gasteiger partial charge in [-0.1, -0.05) is 17.7 Å². The van der Waals surface area contributed by atoms with Gasteiger partial charge in [-0.25, -0.2) is 9.59 Å². The Morgan fingerprint density at radius 2 is 1.48 bits per heavy atom. The molecule has 0 aliphatic rings. The van der Waals surface area contributed by atoms with E-state index in [2.05, 4.69) is 9.47 Å². The monoisotopic (exact) mass is 347 g/mol. The van der Waals surface area contributed by atoms with Crippen molar-refractivity contribution in [2.45, 2.75) is 31.7 Å². The maximum atomic E-state index is 10.8. The number of nitrogens with two attached hydrogens (primary N) is 1. The van der Waals surface area contributed by atoms with Crippen LogP contribution in [-0.2, 0) is 29.2 Å². The highest BCUT2D eigenvalue weighted by Gasteiger charge is 2.24. The van der Waals surface area contributed by atoms with Crippen molar-refractivity contribution in [3.05, 3.63) is 29.8 Å². The molecule has 0 bridgehead atoms. The fourth-order valence-corrected chi connectivity index (χ4v) is 1.75. The molecule has 0 saturated heterocycles. The molecule has 0 heterocycles. The van der Waals surface area contributed by atoms with Crippen LogP contribution in [0.25, 0.3) is 0 Å². The summed E-state index contributed by atoms with van der Waals surface area (Å²) >= 11 is 0. The van der Waals surface area contributed by atoms with Crippen molar-refractivity contribution >= 4 is 22.1 Å². The summed E-state index contributed by atoms with van der Waals surface area (Å²) in [6.45, 7) is 5.51. The number of rotatable bonds is 5. The standard InChI is InChI=1S/C7H13NO4.C7H8O3S/c1-3-11-6(9)5(8)7(10)12-4-2;1-6-2-4-7(5-3-6)11(8,9)10/h5H,3-4,8H2,1-2H3;2-5H,1H3,(H,8,9,10). The molecule has 0 fully saturated rings. The molecular formula is C14H21NO7S. The van der Waals surface area contributed by atoms with E-state index in [0.29, 0.717) is 0 Å². The lowest BCUT2D eigenvalue weighted by atomic mass is 10.2. The molecule has 0 amide bonds. The molecule has 1 aromatic rings. The number of benzene rings is 1. The lowest BCUT2D eigenvalue weighted by Crippen LogP contribution is -2.41. The van der Waals surface area contributed by atoms with E-state index in [9.17, 15) is 18.0 Å². The highest BCUT2D eigenvalue weighted by molar-refractivity contribution is 7.85. The molecule has 0 atom stereocenters. The molecule has 0 unspecified atom stereocenters. The minimum Gasteiger partial charge on any atom is -0.464 e. The van der Waals surface area contributed by atoms with Crippen LogP contribution in [0.1, 0.15) is 19.4 Å². The second-order valence-corrected chi connectivity index (χ2v) is 5.69. The van der Waals surface area contributed by atoms with Crippen LogP contribution in [0.5, 0.6) is 0 Å². The number of aryl methyl sites for hydroxylation is 1. The van der Waals surface area contributed by atoms with Crippen molar-refractivity contribution < 1.29 is 32.0 Å². The molecule has 0 radical (unpaired) electrons. The molecule has 0 aromatic heterocycles. The van der Waals surface area contributed by atoms with Gasteiger partial charge in [0.1, 0.15) is 0 Å². The number of hydrogen-bond acceptors (Lipinski definition) is 7. The first kappa shape index (κ1) is 21.0. The number of carbonyl (C=O) groups excluding carboxylic acids is 2. The predicted molar refractivity (Wildman–Crippen MR) is 82.2 cm³/mol. The summed E-state index contributed by atoms with van der Waals surface area (Å²) in [5, 5.41) is 0. The Balaban J connectivity index is 0.000000422. The number of esters is 2. The zero-order valence-corrected chi connectivity index (χ0v) is 14.0. The summed E-state index contributed by atoms with van der Waals surface area (Å²) in [4.78, 5) is 21.6. The Morgan fingerprint density at radius 3 is 1.78 bits per heavy atom. The number of hydrogen-bond donors (Lipinski definition) is 2. The first-order valence-corrected chi connectivity index (χ1v) is 8.20. The smallest absolute Gasteiger partial charge is 0.334 e. The van der Waals surface area contributed by atoms with E-state index in [1.54, 1.807) is 26.0 Å². The van der Waals surface area contributed by atoms with Gasteiger partial charge in [-0.2, -0.15) is 8.42 Å². The molecule has 1 aromatic carbocycles. The summed E-state index contributed by atoms with van der Waals surface area (Å²) in [6.07, 6.45) is 0. The summed E-state index contributed by atoms with van der Waals surface area (Å²) < 4.78 is 38.6. The number of carbonyl (C=O) groups is 2. The summed E-state index contributed by atoms with van der Waals surface area (Å²) in [7, 11) is -4.02. The van der Waals surface area contributed by atoms with Gasteiger partial charge >= 0.3 is 11.9 Å². The zero-order chi connectivity index (χ0) is 18.0. The first-order chi connectivity index (χ1) is 10.6. The maximum absolute atomic E-state index is 10.8. The van der Waals surface area contributed by atoms with Crippen LogP contribution >= 0.6 is 0 Å². The quantitative estimate of drug-likeness (QED) is 0.451. The van der Waals surface area contributed by atoms with Gasteiger partial charge in [-0.15, -0.1) is 0 Å². The van der Waals surface area contributed by atoms with Crippen LogP contribution in [0, 0.1) is 6.92 Å². The largest absolute Gasteiger partial charge is 0.464 e. The van der Waals surface area contributed by atoms with E-state index in [1.165, 1.54) is 12.1 Å². The van der Waals surface area contributed by atoms with Gasteiger partial charge in [0.05, 0.1) is 18.1 Å². The Kier molecular flexibility index (Phi) is 9.08. The minimum absolute atomic E-state index is 0.0666. The maximum Gasteiger partial charge on any atom is 0.334 e. The van der Waals surface area contributed by atoms with Crippen LogP contribution in [0.2, 0.25) is 0 Å². The summed E-state index contributed by atoms with van der Waals surface area (Å²) in [5.74, 6) is -1.51. The summed E-state index contributed by atoms with van der Waals surface area (Å²) in [5.41, 5.74) is 6.14. The van der Waals surface area contributed by atoms with Gasteiger partial charge in [-0.05, 0) is 32.9 Å². The SMILES string of the molecule is CCOC(=O)C(N)C(=O)OCC.Cc1ccc(S(=O)(=O)O)cc1. The van der Waals surface area contributed by atoms with E-state index in [0.717, 1.165) is 5.56 Å². The second-order valence-electron chi connectivity index (χ2n) is 4.27. The van der Waals surface area contributed by atoms with E-state index in [1.807, 2.05) is 6.92 Å². The first-order valence-electron chi connectivity index (χ1n) is 6.76. The highest BCUT2D eigenvalue weighted by Crippen LogP contribution is 2.08. The minimum atomic E-state index is -4.02. The normalized spacial score (nSPS) is 10.5. The third-order valence-electron chi connectivity index (χ3n) is 2.40. The molecule has 130 valence electrons. The van der Waals surface area contributed by atoms with Crippen molar-refractivity contribution in [3.63, 3.8) is 0 Å². The van der Waals surface area contributed by atoms with E-state index in [-0.39, 0.29) is 18.1 Å². The van der Waals surface area contributed by atoms with Crippen molar-refractivity contribution in [1.82, 2.24) is 0 Å². The molecular weight excluding hydrogens is 326 g/mol. The molecule has 23 heavy (non-hydrogen) atoms. The van der Waals surface area contributed by atoms with Crippen LogP contribution in [-0.4, -0.2) is 44.2 Å². The van der Waals surface area contributed by atoms with Gasteiger partial charge in [0, 0.05) is 0 Å². The lowest BCUT2D eigenvalue weighted by molar-refractivity contribution is -0.156. The Labute approximate surface area is 135 Å². The van der Waals surface area contributed by atoms with Crippen molar-refractivity contribution in [3.8, 4) is 0 Å².